The predicted octanol–water partition coefficient (Wildman–Crippen LogP) is 1.11. The minimum Gasteiger partial charge on any atom is -0.394 e. The number of fused-ring (bicyclic) bond motifs is 2. The smallest absolute Gasteiger partial charge is 0.226 e. The van der Waals surface area contributed by atoms with E-state index in [-0.39, 0.29) is 11.7 Å². The summed E-state index contributed by atoms with van der Waals surface area (Å²) in [5.41, 5.74) is -1.12. The van der Waals surface area contributed by atoms with E-state index in [1.54, 1.807) is 13.1 Å². The van der Waals surface area contributed by atoms with E-state index in [2.05, 4.69) is 20.0 Å². The Hall–Kier alpha value is -1.52. The molecule has 2 saturated heterocycles. The van der Waals surface area contributed by atoms with E-state index < -0.39 is 30.6 Å². The number of aliphatic hydroxyl groups is 3. The van der Waals surface area contributed by atoms with Gasteiger partial charge in [0.15, 0.2) is 11.9 Å². The number of nitrogens with zero attached hydrogens (tertiary/aromatic N) is 5. The molecule has 2 aromatic rings. The summed E-state index contributed by atoms with van der Waals surface area (Å²) in [5.74, 6) is 2.13. The summed E-state index contributed by atoms with van der Waals surface area (Å²) >= 11 is 6.25. The van der Waals surface area contributed by atoms with Crippen LogP contribution in [0.2, 0.25) is 5.28 Å². The predicted molar refractivity (Wildman–Crippen MR) is 106 cm³/mol. The van der Waals surface area contributed by atoms with Crippen LogP contribution in [0.4, 0.5) is 5.82 Å². The third-order valence-corrected chi connectivity index (χ3v) is 7.22. The summed E-state index contributed by atoms with van der Waals surface area (Å²) in [4.78, 5) is 11.1. The molecule has 2 aliphatic heterocycles. The molecule has 3 aliphatic rings. The first-order valence-electron chi connectivity index (χ1n) is 10.3. The molecule has 0 bridgehead atoms. The number of hydrogen-bond acceptors (Lipinski definition) is 8. The first-order valence-corrected chi connectivity index (χ1v) is 10.7. The SMILES string of the molecule is CC[C@@]1(O)[C@@H](CO)O[C@@H](n2ncc3c(N4C[C@H]5CCC[C@H]5C4)nc(Cl)nc32)[C@@H]1O. The maximum absolute atomic E-state index is 10.8. The maximum Gasteiger partial charge on any atom is 0.226 e. The van der Waals surface area contributed by atoms with Crippen molar-refractivity contribution in [3.05, 3.63) is 11.5 Å². The fourth-order valence-electron chi connectivity index (χ4n) is 5.35. The highest BCUT2D eigenvalue weighted by atomic mass is 35.5. The number of aliphatic hydroxyl groups excluding tert-OH is 2. The van der Waals surface area contributed by atoms with Crippen LogP contribution in [0.5, 0.6) is 0 Å². The molecule has 0 unspecified atom stereocenters. The molecular weight excluding hydrogens is 398 g/mol. The fourth-order valence-corrected chi connectivity index (χ4v) is 5.51. The lowest BCUT2D eigenvalue weighted by Gasteiger charge is -2.28. The monoisotopic (exact) mass is 423 g/mol. The van der Waals surface area contributed by atoms with E-state index in [0.29, 0.717) is 17.5 Å². The summed E-state index contributed by atoms with van der Waals surface area (Å²) < 4.78 is 7.22. The van der Waals surface area contributed by atoms with E-state index in [1.807, 2.05) is 0 Å². The maximum atomic E-state index is 10.8. The number of hydrogen-bond donors (Lipinski definition) is 3. The average molecular weight is 424 g/mol. The molecule has 0 spiro atoms. The van der Waals surface area contributed by atoms with Crippen molar-refractivity contribution in [2.45, 2.75) is 56.6 Å². The summed E-state index contributed by atoms with van der Waals surface area (Å²) in [6.45, 7) is 3.22. The Balaban J connectivity index is 1.53. The van der Waals surface area contributed by atoms with Crippen molar-refractivity contribution in [2.75, 3.05) is 24.6 Å². The van der Waals surface area contributed by atoms with Gasteiger partial charge in [0.25, 0.3) is 0 Å². The molecule has 10 heteroatoms. The molecule has 0 amide bonds. The lowest BCUT2D eigenvalue weighted by molar-refractivity contribution is -0.0945. The highest BCUT2D eigenvalue weighted by Crippen LogP contribution is 2.43. The third-order valence-electron chi connectivity index (χ3n) is 7.05. The Morgan fingerprint density at radius 2 is 2.00 bits per heavy atom. The molecule has 3 fully saturated rings. The first-order chi connectivity index (χ1) is 14.0. The molecule has 3 N–H and O–H groups in total. The second-order valence-corrected chi connectivity index (χ2v) is 8.82. The zero-order chi connectivity index (χ0) is 20.3. The molecule has 1 saturated carbocycles. The van der Waals surface area contributed by atoms with E-state index in [4.69, 9.17) is 16.3 Å². The standard InChI is InChI=1S/C19H26ClN5O4/c1-2-19(28)13(9-26)29-17(14(19)27)25-16-12(6-21-25)15(22-18(20)23-16)24-7-10-4-3-5-11(10)8-24/h6,10-11,13-14,17,26-28H,2-5,7-9H2,1H3/t10-,11+,13-,14+,17-,19-/m1/s1. The van der Waals surface area contributed by atoms with Gasteiger partial charge in [-0.2, -0.15) is 15.1 Å². The zero-order valence-corrected chi connectivity index (χ0v) is 17.0. The average Bonchev–Trinajstić information content (AvgIpc) is 3.45. The second kappa shape index (κ2) is 7.02. The first kappa shape index (κ1) is 19.4. The van der Waals surface area contributed by atoms with Crippen LogP contribution in [0, 0.1) is 11.8 Å². The van der Waals surface area contributed by atoms with Crippen LogP contribution in [0.25, 0.3) is 11.0 Å². The molecule has 6 atom stereocenters. The molecule has 1 aliphatic carbocycles. The fraction of sp³-hybridized carbons (Fsp3) is 0.737. The summed E-state index contributed by atoms with van der Waals surface area (Å²) in [7, 11) is 0. The van der Waals surface area contributed by atoms with Crippen molar-refractivity contribution in [3.63, 3.8) is 0 Å². The molecule has 9 nitrogen and oxygen atoms in total. The molecule has 4 heterocycles. The minimum atomic E-state index is -1.57. The van der Waals surface area contributed by atoms with Gasteiger partial charge in [-0.15, -0.1) is 0 Å². The van der Waals surface area contributed by atoms with Crippen LogP contribution in [0.15, 0.2) is 6.20 Å². The van der Waals surface area contributed by atoms with E-state index >= 15 is 0 Å². The number of ether oxygens (including phenoxy) is 1. The van der Waals surface area contributed by atoms with Crippen LogP contribution in [-0.4, -0.2) is 72.6 Å². The van der Waals surface area contributed by atoms with Crippen LogP contribution < -0.4 is 4.90 Å². The van der Waals surface area contributed by atoms with Gasteiger partial charge >= 0.3 is 0 Å². The normalized spacial score (nSPS) is 37.0. The highest BCUT2D eigenvalue weighted by molar-refractivity contribution is 6.28. The largest absolute Gasteiger partial charge is 0.394 e. The number of anilines is 1. The van der Waals surface area contributed by atoms with Gasteiger partial charge in [-0.3, -0.25) is 0 Å². The molecular formula is C19H26ClN5O4. The lowest BCUT2D eigenvalue weighted by atomic mass is 9.90. The van der Waals surface area contributed by atoms with Crippen LogP contribution in [-0.2, 0) is 4.74 Å². The third kappa shape index (κ3) is 2.86. The van der Waals surface area contributed by atoms with Crippen LogP contribution >= 0.6 is 11.6 Å². The lowest BCUT2D eigenvalue weighted by Crippen LogP contribution is -2.48. The van der Waals surface area contributed by atoms with Crippen LogP contribution in [0.1, 0.15) is 38.8 Å². The Morgan fingerprint density at radius 1 is 1.28 bits per heavy atom. The van der Waals surface area contributed by atoms with Crippen molar-refractivity contribution >= 4 is 28.5 Å². The van der Waals surface area contributed by atoms with Gasteiger partial charge in [0, 0.05) is 13.1 Å². The van der Waals surface area contributed by atoms with Gasteiger partial charge in [0.05, 0.1) is 18.2 Å². The minimum absolute atomic E-state index is 0.100. The van der Waals surface area contributed by atoms with Crippen molar-refractivity contribution in [3.8, 4) is 0 Å². The van der Waals surface area contributed by atoms with Gasteiger partial charge in [-0.1, -0.05) is 13.3 Å². The molecule has 158 valence electrons. The van der Waals surface area contributed by atoms with Crippen molar-refractivity contribution < 1.29 is 20.1 Å². The summed E-state index contributed by atoms with van der Waals surface area (Å²) in [5, 5.41) is 36.4. The Morgan fingerprint density at radius 3 is 2.62 bits per heavy atom. The van der Waals surface area contributed by atoms with E-state index in [9.17, 15) is 15.3 Å². The molecule has 0 radical (unpaired) electrons. The van der Waals surface area contributed by atoms with E-state index in [1.165, 1.54) is 23.9 Å². The van der Waals surface area contributed by atoms with Gasteiger partial charge in [-0.25, -0.2) is 4.68 Å². The van der Waals surface area contributed by atoms with Crippen molar-refractivity contribution in [2.24, 2.45) is 11.8 Å². The van der Waals surface area contributed by atoms with Gasteiger partial charge in [-0.05, 0) is 42.7 Å². The summed E-state index contributed by atoms with van der Waals surface area (Å²) in [6, 6.07) is 0. The van der Waals surface area contributed by atoms with Gasteiger partial charge in [0.2, 0.25) is 5.28 Å². The Labute approximate surface area is 173 Å². The molecule has 29 heavy (non-hydrogen) atoms. The summed E-state index contributed by atoms with van der Waals surface area (Å²) in [6.07, 6.45) is 2.52. The van der Waals surface area contributed by atoms with Gasteiger partial charge < -0.3 is 25.0 Å². The van der Waals surface area contributed by atoms with Crippen molar-refractivity contribution in [1.29, 1.82) is 0 Å². The molecule has 2 aromatic heterocycles. The second-order valence-electron chi connectivity index (χ2n) is 8.49. The number of aromatic nitrogens is 4. The topological polar surface area (TPSA) is 117 Å². The molecule has 5 rings (SSSR count). The highest BCUT2D eigenvalue weighted by Gasteiger charge is 2.55. The Bertz CT molecular complexity index is 913. The number of halogens is 1. The van der Waals surface area contributed by atoms with Gasteiger partial charge in [0.1, 0.15) is 23.6 Å². The van der Waals surface area contributed by atoms with E-state index in [0.717, 1.165) is 24.3 Å². The quantitative estimate of drug-likeness (QED) is 0.626. The van der Waals surface area contributed by atoms with Crippen molar-refractivity contribution in [1.82, 2.24) is 19.7 Å². The zero-order valence-electron chi connectivity index (χ0n) is 16.3. The van der Waals surface area contributed by atoms with Crippen LogP contribution in [0.3, 0.4) is 0 Å². The molecule has 0 aromatic carbocycles. The Kier molecular flexibility index (Phi) is 4.71. The number of rotatable bonds is 4.